The van der Waals surface area contributed by atoms with E-state index in [0.717, 1.165) is 17.7 Å². The zero-order valence-corrected chi connectivity index (χ0v) is 8.88. The molecule has 0 heterocycles. The second-order valence-corrected chi connectivity index (χ2v) is 3.55. The molecule has 0 aliphatic carbocycles. The van der Waals surface area contributed by atoms with E-state index in [0.29, 0.717) is 5.92 Å². The fourth-order valence-corrected chi connectivity index (χ4v) is 1.32. The van der Waals surface area contributed by atoms with E-state index in [-0.39, 0.29) is 0 Å². The van der Waals surface area contributed by atoms with Crippen molar-refractivity contribution in [3.8, 4) is 11.8 Å². The molecule has 74 valence electrons. The molecular formula is C13H17N. The van der Waals surface area contributed by atoms with Crippen molar-refractivity contribution in [2.45, 2.75) is 26.7 Å². The minimum Gasteiger partial charge on any atom is -0.398 e. The number of benzene rings is 1. The van der Waals surface area contributed by atoms with Gasteiger partial charge in [-0.25, -0.2) is 0 Å². The third-order valence-electron chi connectivity index (χ3n) is 2.14. The van der Waals surface area contributed by atoms with Crippen molar-refractivity contribution in [1.29, 1.82) is 0 Å². The summed E-state index contributed by atoms with van der Waals surface area (Å²) >= 11 is 0. The van der Waals surface area contributed by atoms with Gasteiger partial charge in [0.2, 0.25) is 0 Å². The molecule has 2 N–H and O–H groups in total. The van der Waals surface area contributed by atoms with Crippen molar-refractivity contribution in [3.63, 3.8) is 0 Å². The SMILES string of the molecule is CCCC(C)C#Cc1ccccc1N. The number of para-hydroxylation sites is 1. The highest BCUT2D eigenvalue weighted by Crippen LogP contribution is 2.09. The van der Waals surface area contributed by atoms with Gasteiger partial charge in [0.25, 0.3) is 0 Å². The number of hydrogen-bond donors (Lipinski definition) is 1. The predicted octanol–water partition coefficient (Wildman–Crippen LogP) is 3.06. The number of nitrogen functional groups attached to an aromatic ring is 1. The van der Waals surface area contributed by atoms with Crippen LogP contribution in [0.15, 0.2) is 24.3 Å². The van der Waals surface area contributed by atoms with Gasteiger partial charge in [0.1, 0.15) is 0 Å². The molecule has 1 heteroatoms. The molecule has 1 rings (SSSR count). The van der Waals surface area contributed by atoms with E-state index >= 15 is 0 Å². The Morgan fingerprint density at radius 1 is 1.36 bits per heavy atom. The maximum atomic E-state index is 5.78. The van der Waals surface area contributed by atoms with Crippen LogP contribution in [0, 0.1) is 17.8 Å². The summed E-state index contributed by atoms with van der Waals surface area (Å²) in [5.41, 5.74) is 7.49. The molecule has 0 amide bonds. The molecule has 0 aromatic heterocycles. The number of rotatable bonds is 2. The second kappa shape index (κ2) is 5.34. The van der Waals surface area contributed by atoms with Gasteiger partial charge >= 0.3 is 0 Å². The van der Waals surface area contributed by atoms with Crippen molar-refractivity contribution in [1.82, 2.24) is 0 Å². The summed E-state index contributed by atoms with van der Waals surface area (Å²) in [5, 5.41) is 0. The monoisotopic (exact) mass is 187 g/mol. The summed E-state index contributed by atoms with van der Waals surface area (Å²) in [5.74, 6) is 6.79. The van der Waals surface area contributed by atoms with Crippen LogP contribution < -0.4 is 5.73 Å². The molecule has 0 radical (unpaired) electrons. The van der Waals surface area contributed by atoms with Crippen molar-refractivity contribution < 1.29 is 0 Å². The van der Waals surface area contributed by atoms with Crippen LogP contribution >= 0.6 is 0 Å². The van der Waals surface area contributed by atoms with E-state index in [2.05, 4.69) is 25.7 Å². The van der Waals surface area contributed by atoms with E-state index in [9.17, 15) is 0 Å². The number of anilines is 1. The molecule has 1 aromatic rings. The molecular weight excluding hydrogens is 170 g/mol. The van der Waals surface area contributed by atoms with Crippen LogP contribution in [0.3, 0.4) is 0 Å². The van der Waals surface area contributed by atoms with Crippen LogP contribution in [0.1, 0.15) is 32.3 Å². The van der Waals surface area contributed by atoms with Crippen LogP contribution in [0.25, 0.3) is 0 Å². The molecule has 0 saturated heterocycles. The Labute approximate surface area is 86.3 Å². The molecule has 0 saturated carbocycles. The van der Waals surface area contributed by atoms with Crippen LogP contribution in [0.2, 0.25) is 0 Å². The van der Waals surface area contributed by atoms with E-state index in [1.807, 2.05) is 24.3 Å². The maximum Gasteiger partial charge on any atom is 0.0474 e. The highest BCUT2D eigenvalue weighted by molar-refractivity contribution is 5.55. The minimum absolute atomic E-state index is 0.458. The molecule has 0 fully saturated rings. The summed E-state index contributed by atoms with van der Waals surface area (Å²) in [6.45, 7) is 4.32. The molecule has 14 heavy (non-hydrogen) atoms. The van der Waals surface area contributed by atoms with E-state index in [1.54, 1.807) is 0 Å². The Morgan fingerprint density at radius 3 is 2.71 bits per heavy atom. The van der Waals surface area contributed by atoms with Crippen molar-refractivity contribution in [2.75, 3.05) is 5.73 Å². The van der Waals surface area contributed by atoms with Gasteiger partial charge in [-0.2, -0.15) is 0 Å². The summed E-state index contributed by atoms with van der Waals surface area (Å²) in [6.07, 6.45) is 2.33. The zero-order chi connectivity index (χ0) is 10.4. The molecule has 0 aliphatic rings. The number of hydrogen-bond acceptors (Lipinski definition) is 1. The first-order chi connectivity index (χ1) is 6.74. The molecule has 0 bridgehead atoms. The maximum absolute atomic E-state index is 5.78. The van der Waals surface area contributed by atoms with E-state index in [4.69, 9.17) is 5.73 Å². The topological polar surface area (TPSA) is 26.0 Å². The van der Waals surface area contributed by atoms with E-state index < -0.39 is 0 Å². The third kappa shape index (κ3) is 3.14. The molecule has 1 unspecified atom stereocenters. The highest BCUT2D eigenvalue weighted by Gasteiger charge is 1.95. The van der Waals surface area contributed by atoms with Crippen LogP contribution in [-0.4, -0.2) is 0 Å². The predicted molar refractivity (Wildman–Crippen MR) is 61.8 cm³/mol. The van der Waals surface area contributed by atoms with Gasteiger partial charge in [-0.15, -0.1) is 0 Å². The van der Waals surface area contributed by atoms with Gasteiger partial charge in [0, 0.05) is 17.2 Å². The Morgan fingerprint density at radius 2 is 2.07 bits per heavy atom. The van der Waals surface area contributed by atoms with Gasteiger partial charge in [0.05, 0.1) is 0 Å². The smallest absolute Gasteiger partial charge is 0.0474 e. The first-order valence-electron chi connectivity index (χ1n) is 5.10. The lowest BCUT2D eigenvalue weighted by molar-refractivity contribution is 0.653. The Balaban J connectivity index is 2.72. The second-order valence-electron chi connectivity index (χ2n) is 3.55. The summed E-state index contributed by atoms with van der Waals surface area (Å²) in [4.78, 5) is 0. The fraction of sp³-hybridized carbons (Fsp3) is 0.385. The molecule has 0 spiro atoms. The van der Waals surface area contributed by atoms with Gasteiger partial charge in [-0.1, -0.05) is 44.2 Å². The normalized spacial score (nSPS) is 11.6. The van der Waals surface area contributed by atoms with Gasteiger partial charge in [0.15, 0.2) is 0 Å². The average Bonchev–Trinajstić information content (AvgIpc) is 2.17. The van der Waals surface area contributed by atoms with Gasteiger partial charge < -0.3 is 5.73 Å². The Bertz CT molecular complexity index is 344. The van der Waals surface area contributed by atoms with Crippen LogP contribution in [-0.2, 0) is 0 Å². The summed E-state index contributed by atoms with van der Waals surface area (Å²) in [6, 6.07) is 7.73. The first kappa shape index (κ1) is 10.7. The van der Waals surface area contributed by atoms with Crippen molar-refractivity contribution in [3.05, 3.63) is 29.8 Å². The van der Waals surface area contributed by atoms with Crippen LogP contribution in [0.5, 0.6) is 0 Å². The quantitative estimate of drug-likeness (QED) is 0.559. The zero-order valence-electron chi connectivity index (χ0n) is 8.88. The minimum atomic E-state index is 0.458. The molecule has 0 aliphatic heterocycles. The average molecular weight is 187 g/mol. The summed E-state index contributed by atoms with van der Waals surface area (Å²) in [7, 11) is 0. The Hall–Kier alpha value is -1.42. The summed E-state index contributed by atoms with van der Waals surface area (Å²) < 4.78 is 0. The molecule has 1 aromatic carbocycles. The van der Waals surface area contributed by atoms with Crippen molar-refractivity contribution in [2.24, 2.45) is 5.92 Å². The Kier molecular flexibility index (Phi) is 4.07. The highest BCUT2D eigenvalue weighted by atomic mass is 14.5. The van der Waals surface area contributed by atoms with Crippen LogP contribution in [0.4, 0.5) is 5.69 Å². The largest absolute Gasteiger partial charge is 0.398 e. The van der Waals surface area contributed by atoms with Gasteiger partial charge in [-0.3, -0.25) is 0 Å². The lowest BCUT2D eigenvalue weighted by Gasteiger charge is -1.99. The van der Waals surface area contributed by atoms with Crippen molar-refractivity contribution >= 4 is 5.69 Å². The fourth-order valence-electron chi connectivity index (χ4n) is 1.32. The molecule has 1 nitrogen and oxygen atoms in total. The van der Waals surface area contributed by atoms with E-state index in [1.165, 1.54) is 6.42 Å². The third-order valence-corrected chi connectivity index (χ3v) is 2.14. The lowest BCUT2D eigenvalue weighted by atomic mass is 10.1. The number of nitrogens with two attached hydrogens (primary N) is 1. The first-order valence-corrected chi connectivity index (χ1v) is 5.10. The lowest BCUT2D eigenvalue weighted by Crippen LogP contribution is -1.91. The van der Waals surface area contributed by atoms with Gasteiger partial charge in [-0.05, 0) is 18.6 Å². The molecule has 1 atom stereocenters. The standard InChI is InChI=1S/C13H17N/c1-3-6-11(2)9-10-12-7-4-5-8-13(12)14/h4-5,7-8,11H,3,6,14H2,1-2H3.